The third-order valence-electron chi connectivity index (χ3n) is 3.26. The Morgan fingerprint density at radius 2 is 1.91 bits per heavy atom. The number of nitrogens with one attached hydrogen (secondary N) is 1. The van der Waals surface area contributed by atoms with E-state index in [0.717, 1.165) is 24.3 Å². The number of benzene rings is 1. The number of aliphatic hydroxyl groups is 1. The number of aliphatic hydroxyl groups excluding tert-OH is 1. The van der Waals surface area contributed by atoms with Crippen molar-refractivity contribution in [2.75, 3.05) is 6.54 Å². The van der Waals surface area contributed by atoms with Crippen LogP contribution < -0.4 is 5.32 Å². The molecule has 118 valence electrons. The molecule has 0 unspecified atom stereocenters. The molecule has 1 aromatic carbocycles. The van der Waals surface area contributed by atoms with E-state index >= 15 is 0 Å². The van der Waals surface area contributed by atoms with Gasteiger partial charge in [0.25, 0.3) is 5.91 Å². The van der Waals surface area contributed by atoms with Crippen molar-refractivity contribution in [1.29, 1.82) is 0 Å². The summed E-state index contributed by atoms with van der Waals surface area (Å²) in [4.78, 5) is 11.9. The lowest BCUT2D eigenvalue weighted by Crippen LogP contribution is -2.29. The Morgan fingerprint density at radius 3 is 2.41 bits per heavy atom. The zero-order valence-electron chi connectivity index (χ0n) is 11.8. The van der Waals surface area contributed by atoms with Gasteiger partial charge in [0.1, 0.15) is 6.10 Å². The van der Waals surface area contributed by atoms with E-state index in [1.807, 2.05) is 0 Å². The summed E-state index contributed by atoms with van der Waals surface area (Å²) in [6, 6.07) is 7.39. The first-order valence-corrected chi connectivity index (χ1v) is 6.54. The summed E-state index contributed by atoms with van der Waals surface area (Å²) in [6.07, 6.45) is -3.56. The summed E-state index contributed by atoms with van der Waals surface area (Å²) in [5.74, 6) is -0.540. The minimum Gasteiger partial charge on any atom is -0.385 e. The van der Waals surface area contributed by atoms with Crippen molar-refractivity contribution >= 4 is 5.91 Å². The lowest BCUT2D eigenvalue weighted by molar-refractivity contribution is -0.137. The number of amides is 1. The smallest absolute Gasteiger partial charge is 0.385 e. The van der Waals surface area contributed by atoms with Gasteiger partial charge >= 0.3 is 6.18 Å². The van der Waals surface area contributed by atoms with Crippen molar-refractivity contribution in [2.45, 2.75) is 12.3 Å². The number of hydrogen-bond acceptors (Lipinski definition) is 2. The van der Waals surface area contributed by atoms with Crippen LogP contribution >= 0.6 is 0 Å². The van der Waals surface area contributed by atoms with Crippen LogP contribution in [0.15, 0.2) is 42.6 Å². The summed E-state index contributed by atoms with van der Waals surface area (Å²) in [5, 5.41) is 12.4. The summed E-state index contributed by atoms with van der Waals surface area (Å²) in [5.41, 5.74) is -0.0762. The highest BCUT2D eigenvalue weighted by Crippen LogP contribution is 2.29. The molecule has 7 heteroatoms. The van der Waals surface area contributed by atoms with Crippen LogP contribution in [-0.4, -0.2) is 22.1 Å². The van der Waals surface area contributed by atoms with Crippen LogP contribution in [0.1, 0.15) is 27.7 Å². The molecule has 1 aromatic heterocycles. The second-order valence-electron chi connectivity index (χ2n) is 4.84. The molecule has 1 amide bonds. The maximum Gasteiger partial charge on any atom is 0.416 e. The van der Waals surface area contributed by atoms with Gasteiger partial charge in [0, 0.05) is 31.0 Å². The largest absolute Gasteiger partial charge is 0.416 e. The first kappa shape index (κ1) is 16.1. The van der Waals surface area contributed by atoms with Gasteiger partial charge < -0.3 is 15.0 Å². The van der Waals surface area contributed by atoms with Gasteiger partial charge in [0.05, 0.1) is 5.56 Å². The van der Waals surface area contributed by atoms with E-state index in [1.54, 1.807) is 29.9 Å². The van der Waals surface area contributed by atoms with Gasteiger partial charge in [-0.25, -0.2) is 0 Å². The van der Waals surface area contributed by atoms with Crippen LogP contribution in [0.2, 0.25) is 0 Å². The lowest BCUT2D eigenvalue weighted by Gasteiger charge is -2.13. The van der Waals surface area contributed by atoms with Gasteiger partial charge in [0.15, 0.2) is 0 Å². The van der Waals surface area contributed by atoms with Crippen molar-refractivity contribution < 1.29 is 23.1 Å². The number of alkyl halides is 3. The number of hydrogen-bond donors (Lipinski definition) is 2. The second kappa shape index (κ2) is 6.23. The van der Waals surface area contributed by atoms with Gasteiger partial charge in [-0.15, -0.1) is 0 Å². The standard InChI is InChI=1S/C15H15F3N2O2/c1-20-8-2-3-12(20)13(21)9-19-14(22)10-4-6-11(7-5-10)15(16,17)18/h2-8,13,21H,9H2,1H3,(H,19,22)/t13-/m0/s1. The topological polar surface area (TPSA) is 54.3 Å². The molecule has 0 aliphatic carbocycles. The van der Waals surface area contributed by atoms with E-state index in [4.69, 9.17) is 0 Å². The van der Waals surface area contributed by atoms with E-state index in [0.29, 0.717) is 5.69 Å². The van der Waals surface area contributed by atoms with Gasteiger partial charge in [-0.3, -0.25) is 4.79 Å². The first-order chi connectivity index (χ1) is 10.3. The molecule has 0 radical (unpaired) electrons. The Balaban J connectivity index is 1.96. The SMILES string of the molecule is Cn1cccc1[C@@H](O)CNC(=O)c1ccc(C(F)(F)F)cc1. The number of carbonyl (C=O) groups excluding carboxylic acids is 1. The summed E-state index contributed by atoms with van der Waals surface area (Å²) in [7, 11) is 1.76. The fraction of sp³-hybridized carbons (Fsp3) is 0.267. The number of aryl methyl sites for hydroxylation is 1. The molecular weight excluding hydrogens is 297 g/mol. The van der Waals surface area contributed by atoms with Crippen LogP contribution in [0.25, 0.3) is 0 Å². The molecule has 0 spiro atoms. The number of halogens is 3. The first-order valence-electron chi connectivity index (χ1n) is 6.54. The molecule has 4 nitrogen and oxygen atoms in total. The van der Waals surface area contributed by atoms with Gasteiger partial charge in [0.2, 0.25) is 0 Å². The minimum absolute atomic E-state index is 0.0301. The Morgan fingerprint density at radius 1 is 1.27 bits per heavy atom. The predicted molar refractivity (Wildman–Crippen MR) is 74.2 cm³/mol. The molecule has 0 bridgehead atoms. The molecule has 0 aliphatic heterocycles. The Hall–Kier alpha value is -2.28. The average molecular weight is 312 g/mol. The van der Waals surface area contributed by atoms with Crippen molar-refractivity contribution in [2.24, 2.45) is 7.05 Å². The molecule has 22 heavy (non-hydrogen) atoms. The number of rotatable bonds is 4. The van der Waals surface area contributed by atoms with E-state index in [-0.39, 0.29) is 12.1 Å². The van der Waals surface area contributed by atoms with E-state index < -0.39 is 23.8 Å². The Bertz CT molecular complexity index is 648. The molecule has 2 aromatic rings. The van der Waals surface area contributed by atoms with Crippen molar-refractivity contribution in [1.82, 2.24) is 9.88 Å². The summed E-state index contributed by atoms with van der Waals surface area (Å²) < 4.78 is 39.0. The van der Waals surface area contributed by atoms with Gasteiger partial charge in [-0.1, -0.05) is 0 Å². The third-order valence-corrected chi connectivity index (χ3v) is 3.26. The van der Waals surface area contributed by atoms with E-state index in [1.165, 1.54) is 0 Å². The monoisotopic (exact) mass is 312 g/mol. The second-order valence-corrected chi connectivity index (χ2v) is 4.84. The maximum absolute atomic E-state index is 12.4. The van der Waals surface area contributed by atoms with Crippen molar-refractivity contribution in [3.05, 3.63) is 59.4 Å². The lowest BCUT2D eigenvalue weighted by atomic mass is 10.1. The molecule has 2 N–H and O–H groups in total. The molecule has 1 atom stereocenters. The fourth-order valence-corrected chi connectivity index (χ4v) is 2.03. The summed E-state index contributed by atoms with van der Waals surface area (Å²) >= 11 is 0. The Kier molecular flexibility index (Phi) is 4.56. The van der Waals surface area contributed by atoms with Crippen LogP contribution in [0.5, 0.6) is 0 Å². The fourth-order valence-electron chi connectivity index (χ4n) is 2.03. The normalized spacial score (nSPS) is 13.0. The van der Waals surface area contributed by atoms with E-state index in [2.05, 4.69) is 5.32 Å². The molecule has 1 heterocycles. The molecule has 0 fully saturated rings. The van der Waals surface area contributed by atoms with Crippen LogP contribution in [0.4, 0.5) is 13.2 Å². The van der Waals surface area contributed by atoms with Crippen LogP contribution in [-0.2, 0) is 13.2 Å². The highest BCUT2D eigenvalue weighted by atomic mass is 19.4. The minimum atomic E-state index is -4.43. The zero-order chi connectivity index (χ0) is 16.3. The van der Waals surface area contributed by atoms with Gasteiger partial charge in [-0.05, 0) is 36.4 Å². The van der Waals surface area contributed by atoms with Gasteiger partial charge in [-0.2, -0.15) is 13.2 Å². The molecule has 0 saturated heterocycles. The highest BCUT2D eigenvalue weighted by molar-refractivity contribution is 5.94. The predicted octanol–water partition coefficient (Wildman–Crippen LogP) is 2.51. The van der Waals surface area contributed by atoms with Crippen molar-refractivity contribution in [3.8, 4) is 0 Å². The van der Waals surface area contributed by atoms with Crippen LogP contribution in [0, 0.1) is 0 Å². The molecule has 2 rings (SSSR count). The van der Waals surface area contributed by atoms with Crippen LogP contribution in [0.3, 0.4) is 0 Å². The zero-order valence-corrected chi connectivity index (χ0v) is 11.8. The molecule has 0 aliphatic rings. The Labute approximate surface area is 125 Å². The summed E-state index contributed by atoms with van der Waals surface area (Å²) in [6.45, 7) is -0.0301. The highest BCUT2D eigenvalue weighted by Gasteiger charge is 2.30. The maximum atomic E-state index is 12.4. The van der Waals surface area contributed by atoms with Crippen molar-refractivity contribution in [3.63, 3.8) is 0 Å². The van der Waals surface area contributed by atoms with E-state index in [9.17, 15) is 23.1 Å². The third kappa shape index (κ3) is 3.67. The molecular formula is C15H15F3N2O2. The number of nitrogens with zero attached hydrogens (tertiary/aromatic N) is 1. The molecule has 0 saturated carbocycles. The average Bonchev–Trinajstić information content (AvgIpc) is 2.90. The number of aromatic nitrogens is 1. The number of carbonyl (C=O) groups is 1. The quantitative estimate of drug-likeness (QED) is 0.911.